The summed E-state index contributed by atoms with van der Waals surface area (Å²) in [4.78, 5) is 22.2. The van der Waals surface area contributed by atoms with Crippen LogP contribution in [0.4, 0.5) is 0 Å². The van der Waals surface area contributed by atoms with E-state index >= 15 is 0 Å². The molecule has 0 saturated heterocycles. The van der Waals surface area contributed by atoms with Gasteiger partial charge in [-0.25, -0.2) is 0 Å². The van der Waals surface area contributed by atoms with E-state index in [0.717, 1.165) is 0 Å². The van der Waals surface area contributed by atoms with Gasteiger partial charge in [-0.2, -0.15) is 0 Å². The van der Waals surface area contributed by atoms with Crippen LogP contribution in [0.5, 0.6) is 5.75 Å². The number of rotatable bonds is 6. The lowest BCUT2D eigenvalue weighted by atomic mass is 10.1. The first-order valence-corrected chi connectivity index (χ1v) is 5.31. The average molecular weight is 220 g/mol. The van der Waals surface area contributed by atoms with Crippen LogP contribution in [0.2, 0.25) is 0 Å². The van der Waals surface area contributed by atoms with Crippen LogP contribution in [0, 0.1) is 0 Å². The fourth-order valence-corrected chi connectivity index (χ4v) is 1.34. The molecule has 0 saturated carbocycles. The van der Waals surface area contributed by atoms with Crippen LogP contribution in [0.1, 0.15) is 26.7 Å². The summed E-state index contributed by atoms with van der Waals surface area (Å²) >= 11 is 0. The number of ketones is 2. The third kappa shape index (κ3) is 4.26. The Morgan fingerprint density at radius 1 is 1.19 bits per heavy atom. The molecule has 0 spiro atoms. The van der Waals surface area contributed by atoms with E-state index in [4.69, 9.17) is 4.74 Å². The van der Waals surface area contributed by atoms with Gasteiger partial charge in [0.05, 0.1) is 0 Å². The summed E-state index contributed by atoms with van der Waals surface area (Å²) in [6.45, 7) is 2.99. The van der Waals surface area contributed by atoms with Crippen molar-refractivity contribution in [3.8, 4) is 5.75 Å². The van der Waals surface area contributed by atoms with Crippen molar-refractivity contribution in [2.24, 2.45) is 0 Å². The molecule has 1 aromatic rings. The van der Waals surface area contributed by atoms with Crippen molar-refractivity contribution in [1.29, 1.82) is 0 Å². The molecule has 0 amide bonds. The van der Waals surface area contributed by atoms with E-state index in [1.807, 2.05) is 18.2 Å². The zero-order valence-electron chi connectivity index (χ0n) is 9.60. The molecule has 1 rings (SSSR count). The zero-order valence-corrected chi connectivity index (χ0v) is 9.60. The van der Waals surface area contributed by atoms with Crippen LogP contribution in [-0.4, -0.2) is 17.7 Å². The molecule has 0 aliphatic carbocycles. The smallest absolute Gasteiger partial charge is 0.170 e. The third-order valence-electron chi connectivity index (χ3n) is 2.23. The lowest BCUT2D eigenvalue weighted by Crippen LogP contribution is -2.25. The quantitative estimate of drug-likeness (QED) is 0.739. The van der Waals surface area contributed by atoms with E-state index in [2.05, 4.69) is 0 Å². The highest BCUT2D eigenvalue weighted by atomic mass is 16.5. The highest BCUT2D eigenvalue weighted by molar-refractivity contribution is 5.82. The van der Waals surface area contributed by atoms with Gasteiger partial charge in [-0.15, -0.1) is 0 Å². The number of benzene rings is 1. The van der Waals surface area contributed by atoms with Crippen molar-refractivity contribution >= 4 is 11.6 Å². The summed E-state index contributed by atoms with van der Waals surface area (Å²) in [7, 11) is 0. The van der Waals surface area contributed by atoms with E-state index in [0.29, 0.717) is 18.6 Å². The Labute approximate surface area is 95.4 Å². The largest absolute Gasteiger partial charge is 0.483 e. The molecule has 16 heavy (non-hydrogen) atoms. The molecule has 3 heteroatoms. The molecule has 0 fully saturated rings. The maximum Gasteiger partial charge on any atom is 0.170 e. The van der Waals surface area contributed by atoms with Crippen molar-refractivity contribution in [2.45, 2.75) is 32.8 Å². The molecule has 0 bridgehead atoms. The highest BCUT2D eigenvalue weighted by Gasteiger charge is 2.16. The maximum atomic E-state index is 11.3. The molecule has 0 radical (unpaired) electrons. The predicted molar refractivity (Wildman–Crippen MR) is 61.5 cm³/mol. The van der Waals surface area contributed by atoms with E-state index in [9.17, 15) is 9.59 Å². The highest BCUT2D eigenvalue weighted by Crippen LogP contribution is 2.14. The number of carbonyl (C=O) groups excluding carboxylic acids is 2. The molecule has 3 nitrogen and oxygen atoms in total. The molecule has 1 aromatic carbocycles. The molecule has 86 valence electrons. The van der Waals surface area contributed by atoms with E-state index in [-0.39, 0.29) is 11.6 Å². The van der Waals surface area contributed by atoms with Crippen LogP contribution in [-0.2, 0) is 9.59 Å². The fourth-order valence-electron chi connectivity index (χ4n) is 1.34. The Morgan fingerprint density at radius 3 is 2.31 bits per heavy atom. The first-order chi connectivity index (χ1) is 7.59. The standard InChI is InChI=1S/C13H16O3/c1-10(14)8-9-13(11(2)15)16-12-6-4-3-5-7-12/h3-7,13H,8-9H2,1-2H3. The Morgan fingerprint density at radius 2 is 1.81 bits per heavy atom. The minimum absolute atomic E-state index is 0.0508. The van der Waals surface area contributed by atoms with Crippen LogP contribution in [0.15, 0.2) is 30.3 Å². The zero-order chi connectivity index (χ0) is 12.0. The second-order valence-electron chi connectivity index (χ2n) is 3.77. The van der Waals surface area contributed by atoms with Crippen LogP contribution < -0.4 is 4.74 Å². The van der Waals surface area contributed by atoms with Crippen molar-refractivity contribution in [3.63, 3.8) is 0 Å². The number of hydrogen-bond donors (Lipinski definition) is 0. The molecule has 0 aromatic heterocycles. The molecule has 1 atom stereocenters. The first kappa shape index (κ1) is 12.4. The molecule has 0 aliphatic rings. The SMILES string of the molecule is CC(=O)CCC(Oc1ccccc1)C(C)=O. The van der Waals surface area contributed by atoms with E-state index < -0.39 is 6.10 Å². The Bertz CT molecular complexity index is 357. The Balaban J connectivity index is 2.58. The Hall–Kier alpha value is -1.64. The topological polar surface area (TPSA) is 43.4 Å². The maximum absolute atomic E-state index is 11.3. The van der Waals surface area contributed by atoms with Gasteiger partial charge in [0.25, 0.3) is 0 Å². The van der Waals surface area contributed by atoms with Crippen LogP contribution >= 0.6 is 0 Å². The number of hydrogen-bond acceptors (Lipinski definition) is 3. The number of carbonyl (C=O) groups is 2. The molecular weight excluding hydrogens is 204 g/mol. The van der Waals surface area contributed by atoms with Gasteiger partial charge in [0.2, 0.25) is 0 Å². The average Bonchev–Trinajstić information content (AvgIpc) is 2.25. The van der Waals surface area contributed by atoms with Gasteiger partial charge in [-0.1, -0.05) is 18.2 Å². The van der Waals surface area contributed by atoms with Crippen LogP contribution in [0.25, 0.3) is 0 Å². The molecular formula is C13H16O3. The summed E-state index contributed by atoms with van der Waals surface area (Å²) < 4.78 is 5.52. The normalized spacial score (nSPS) is 11.9. The second-order valence-corrected chi connectivity index (χ2v) is 3.77. The van der Waals surface area contributed by atoms with Gasteiger partial charge < -0.3 is 9.53 Å². The van der Waals surface area contributed by atoms with E-state index in [1.165, 1.54) is 13.8 Å². The van der Waals surface area contributed by atoms with Crippen molar-refractivity contribution in [1.82, 2.24) is 0 Å². The lowest BCUT2D eigenvalue weighted by Gasteiger charge is -2.15. The number of Topliss-reactive ketones (excluding diaryl/α,β-unsaturated/α-hetero) is 2. The predicted octanol–water partition coefficient (Wildman–Crippen LogP) is 2.39. The summed E-state index contributed by atoms with van der Waals surface area (Å²) in [5.41, 5.74) is 0. The summed E-state index contributed by atoms with van der Waals surface area (Å²) in [5.74, 6) is 0.680. The summed E-state index contributed by atoms with van der Waals surface area (Å²) in [6.07, 6.45) is 0.294. The van der Waals surface area contributed by atoms with Crippen molar-refractivity contribution in [3.05, 3.63) is 30.3 Å². The molecule has 0 aliphatic heterocycles. The number of para-hydroxylation sites is 1. The van der Waals surface area contributed by atoms with Crippen LogP contribution in [0.3, 0.4) is 0 Å². The van der Waals surface area contributed by atoms with Gasteiger partial charge in [0, 0.05) is 6.42 Å². The van der Waals surface area contributed by atoms with Gasteiger partial charge in [0.1, 0.15) is 11.5 Å². The minimum atomic E-state index is -0.522. The third-order valence-corrected chi connectivity index (χ3v) is 2.23. The number of ether oxygens (including phenoxy) is 1. The first-order valence-electron chi connectivity index (χ1n) is 5.31. The van der Waals surface area contributed by atoms with Gasteiger partial charge in [-0.3, -0.25) is 4.79 Å². The van der Waals surface area contributed by atoms with Gasteiger partial charge >= 0.3 is 0 Å². The molecule has 1 unspecified atom stereocenters. The molecule has 0 heterocycles. The fraction of sp³-hybridized carbons (Fsp3) is 0.385. The van der Waals surface area contributed by atoms with Gasteiger partial charge in [0.15, 0.2) is 11.9 Å². The van der Waals surface area contributed by atoms with Crippen molar-refractivity contribution < 1.29 is 14.3 Å². The van der Waals surface area contributed by atoms with Gasteiger partial charge in [-0.05, 0) is 32.4 Å². The lowest BCUT2D eigenvalue weighted by molar-refractivity contribution is -0.124. The van der Waals surface area contributed by atoms with E-state index in [1.54, 1.807) is 12.1 Å². The Kier molecular flexibility index (Phi) is 4.70. The summed E-state index contributed by atoms with van der Waals surface area (Å²) in [6, 6.07) is 9.16. The second kappa shape index (κ2) is 6.05. The summed E-state index contributed by atoms with van der Waals surface area (Å²) in [5, 5.41) is 0. The molecule has 0 N–H and O–H groups in total. The monoisotopic (exact) mass is 220 g/mol. The van der Waals surface area contributed by atoms with Crippen molar-refractivity contribution in [2.75, 3.05) is 0 Å². The minimum Gasteiger partial charge on any atom is -0.483 e.